The molecular formula is C39H38N4O4. The van der Waals surface area contributed by atoms with E-state index in [2.05, 4.69) is 44.5 Å². The molecule has 47 heavy (non-hydrogen) atoms. The van der Waals surface area contributed by atoms with Gasteiger partial charge >= 0.3 is 0 Å². The monoisotopic (exact) mass is 626 g/mol. The van der Waals surface area contributed by atoms with Crippen molar-refractivity contribution in [1.29, 1.82) is 0 Å². The highest BCUT2D eigenvalue weighted by molar-refractivity contribution is 6.01. The molecule has 0 aliphatic carbocycles. The fraction of sp³-hybridized carbons (Fsp3) is 0.205. The largest absolute Gasteiger partial charge is 0.493 e. The van der Waals surface area contributed by atoms with E-state index in [4.69, 9.17) is 14.2 Å². The predicted molar refractivity (Wildman–Crippen MR) is 185 cm³/mol. The molecular weight excluding hydrogens is 588 g/mol. The molecule has 0 saturated heterocycles. The van der Waals surface area contributed by atoms with Gasteiger partial charge in [0.1, 0.15) is 5.75 Å². The highest BCUT2D eigenvalue weighted by Crippen LogP contribution is 2.33. The first-order valence-corrected chi connectivity index (χ1v) is 15.7. The zero-order valence-corrected chi connectivity index (χ0v) is 26.9. The number of nitrogens with one attached hydrogen (secondary N) is 1. The number of aryl methyl sites for hydroxylation is 1. The molecule has 1 aliphatic rings. The van der Waals surface area contributed by atoms with Crippen molar-refractivity contribution in [3.8, 4) is 34.4 Å². The number of anilines is 1. The lowest BCUT2D eigenvalue weighted by Crippen LogP contribution is -2.32. The van der Waals surface area contributed by atoms with Crippen LogP contribution in [0.5, 0.6) is 23.1 Å². The number of hydrogen-bond donors (Lipinski definition) is 1. The second-order valence-corrected chi connectivity index (χ2v) is 11.5. The maximum absolute atomic E-state index is 12.6. The second kappa shape index (κ2) is 14.7. The van der Waals surface area contributed by atoms with Crippen molar-refractivity contribution >= 4 is 17.7 Å². The minimum Gasteiger partial charge on any atom is -0.493 e. The number of fused-ring (bicyclic) bond motifs is 1. The molecule has 1 amide bonds. The van der Waals surface area contributed by atoms with Crippen LogP contribution in [0.2, 0.25) is 0 Å². The third-order valence-electron chi connectivity index (χ3n) is 8.28. The molecule has 3 aromatic carbocycles. The quantitative estimate of drug-likeness (QED) is 0.152. The van der Waals surface area contributed by atoms with Crippen molar-refractivity contribution in [2.75, 3.05) is 32.6 Å². The van der Waals surface area contributed by atoms with E-state index in [1.807, 2.05) is 61.5 Å². The molecule has 0 unspecified atom stereocenters. The van der Waals surface area contributed by atoms with Gasteiger partial charge in [0.2, 0.25) is 11.8 Å². The highest BCUT2D eigenvalue weighted by Gasteiger charge is 2.19. The van der Waals surface area contributed by atoms with E-state index >= 15 is 0 Å². The summed E-state index contributed by atoms with van der Waals surface area (Å²) in [6.07, 6.45) is 8.62. The molecule has 2 aromatic heterocycles. The first kappa shape index (κ1) is 31.5. The number of rotatable bonds is 11. The van der Waals surface area contributed by atoms with Gasteiger partial charge in [0.15, 0.2) is 11.5 Å². The summed E-state index contributed by atoms with van der Waals surface area (Å²) in [4.78, 5) is 23.9. The van der Waals surface area contributed by atoms with Gasteiger partial charge in [0.05, 0.1) is 19.9 Å². The average molecular weight is 627 g/mol. The minimum atomic E-state index is -0.208. The average Bonchev–Trinajstić information content (AvgIpc) is 3.10. The molecule has 6 rings (SSSR count). The Morgan fingerprint density at radius 2 is 1.72 bits per heavy atom. The zero-order chi connectivity index (χ0) is 32.6. The third-order valence-corrected chi connectivity index (χ3v) is 8.28. The predicted octanol–water partition coefficient (Wildman–Crippen LogP) is 7.51. The Kier molecular flexibility index (Phi) is 9.89. The van der Waals surface area contributed by atoms with E-state index in [9.17, 15) is 4.79 Å². The van der Waals surface area contributed by atoms with Crippen molar-refractivity contribution in [3.63, 3.8) is 0 Å². The standard InChI is InChI=1S/C39H38N4O4/c1-27-22-33(13-14-34(27)35-6-4-5-19-40-35)47-39-16-10-29(25-41-39)9-15-38(44)42-32-11-7-28(8-12-32)17-20-43-21-18-30-23-36(45-2)37(46-3)24-31(30)26-43/h4-16,19,22-25H,17-18,20-21,26H2,1-3H3,(H,42,44)/b15-9+. The van der Waals surface area contributed by atoms with Crippen LogP contribution in [0.15, 0.2) is 103 Å². The SMILES string of the molecule is COc1cc2c(cc1OC)CN(CCc1ccc(NC(=O)/C=C/c3ccc(Oc4ccc(-c5ccccn5)c(C)c4)nc3)cc1)CC2. The molecule has 5 aromatic rings. The molecule has 8 heteroatoms. The van der Waals surface area contributed by atoms with Crippen molar-refractivity contribution < 1.29 is 19.0 Å². The molecule has 8 nitrogen and oxygen atoms in total. The Bertz CT molecular complexity index is 1860. The smallest absolute Gasteiger partial charge is 0.248 e. The fourth-order valence-electron chi connectivity index (χ4n) is 5.71. The van der Waals surface area contributed by atoms with E-state index in [-0.39, 0.29) is 5.91 Å². The van der Waals surface area contributed by atoms with Gasteiger partial charge in [-0.1, -0.05) is 18.2 Å². The number of pyridine rings is 2. The molecule has 0 spiro atoms. The second-order valence-electron chi connectivity index (χ2n) is 11.5. The maximum atomic E-state index is 12.6. The van der Waals surface area contributed by atoms with Crippen LogP contribution in [0.4, 0.5) is 5.69 Å². The minimum absolute atomic E-state index is 0.208. The number of amides is 1. The lowest BCUT2D eigenvalue weighted by atomic mass is 9.98. The summed E-state index contributed by atoms with van der Waals surface area (Å²) in [5.41, 5.74) is 8.43. The first-order chi connectivity index (χ1) is 23.0. The van der Waals surface area contributed by atoms with E-state index in [0.29, 0.717) is 11.6 Å². The van der Waals surface area contributed by atoms with Crippen LogP contribution < -0.4 is 19.5 Å². The number of carbonyl (C=O) groups is 1. The van der Waals surface area contributed by atoms with Gasteiger partial charge < -0.3 is 19.5 Å². The van der Waals surface area contributed by atoms with Crippen LogP contribution in [-0.4, -0.2) is 48.1 Å². The van der Waals surface area contributed by atoms with Gasteiger partial charge in [0, 0.05) is 55.4 Å². The number of aromatic nitrogens is 2. The molecule has 1 aliphatic heterocycles. The van der Waals surface area contributed by atoms with Crippen molar-refractivity contribution in [2.24, 2.45) is 0 Å². The number of carbonyl (C=O) groups excluding carboxylic acids is 1. The van der Waals surface area contributed by atoms with Crippen molar-refractivity contribution in [1.82, 2.24) is 14.9 Å². The Morgan fingerprint density at radius 1 is 0.915 bits per heavy atom. The Labute approximate surface area is 275 Å². The van der Waals surface area contributed by atoms with Gasteiger partial charge in [-0.3, -0.25) is 14.7 Å². The summed E-state index contributed by atoms with van der Waals surface area (Å²) in [5.74, 6) is 2.52. The van der Waals surface area contributed by atoms with Crippen LogP contribution >= 0.6 is 0 Å². The summed E-state index contributed by atoms with van der Waals surface area (Å²) < 4.78 is 16.9. The van der Waals surface area contributed by atoms with Gasteiger partial charge in [0.25, 0.3) is 0 Å². The van der Waals surface area contributed by atoms with Crippen molar-refractivity contribution in [2.45, 2.75) is 26.3 Å². The van der Waals surface area contributed by atoms with E-state index in [1.165, 1.54) is 22.8 Å². The van der Waals surface area contributed by atoms with Crippen LogP contribution in [0.1, 0.15) is 27.8 Å². The number of hydrogen-bond acceptors (Lipinski definition) is 7. The maximum Gasteiger partial charge on any atom is 0.248 e. The van der Waals surface area contributed by atoms with E-state index < -0.39 is 0 Å². The summed E-state index contributed by atoms with van der Waals surface area (Å²) in [6.45, 7) is 4.89. The normalized spacial score (nSPS) is 12.8. The molecule has 238 valence electrons. The highest BCUT2D eigenvalue weighted by atomic mass is 16.5. The fourth-order valence-corrected chi connectivity index (χ4v) is 5.71. The Hall–Kier alpha value is -5.47. The number of benzene rings is 3. The number of ether oxygens (including phenoxy) is 3. The Morgan fingerprint density at radius 3 is 2.43 bits per heavy atom. The molecule has 0 saturated carbocycles. The summed E-state index contributed by atoms with van der Waals surface area (Å²) in [6, 6.07) is 27.6. The van der Waals surface area contributed by atoms with Crippen LogP contribution in [0.25, 0.3) is 17.3 Å². The van der Waals surface area contributed by atoms with Crippen LogP contribution in [-0.2, 0) is 24.2 Å². The van der Waals surface area contributed by atoms with Crippen LogP contribution in [0.3, 0.4) is 0 Å². The summed E-state index contributed by atoms with van der Waals surface area (Å²) >= 11 is 0. The first-order valence-electron chi connectivity index (χ1n) is 15.7. The molecule has 0 fully saturated rings. The van der Waals surface area contributed by atoms with Gasteiger partial charge in [-0.15, -0.1) is 0 Å². The van der Waals surface area contributed by atoms with Gasteiger partial charge in [-0.25, -0.2) is 4.98 Å². The van der Waals surface area contributed by atoms with E-state index in [0.717, 1.165) is 72.0 Å². The Balaban J connectivity index is 0.965. The van der Waals surface area contributed by atoms with Crippen LogP contribution in [0, 0.1) is 6.92 Å². The van der Waals surface area contributed by atoms with E-state index in [1.54, 1.807) is 38.8 Å². The zero-order valence-electron chi connectivity index (χ0n) is 26.9. The lowest BCUT2D eigenvalue weighted by Gasteiger charge is -2.29. The molecule has 0 atom stereocenters. The third kappa shape index (κ3) is 8.04. The number of nitrogens with zero attached hydrogens (tertiary/aromatic N) is 3. The molecule has 1 N–H and O–H groups in total. The summed E-state index contributed by atoms with van der Waals surface area (Å²) in [5, 5.41) is 2.93. The van der Waals surface area contributed by atoms with Gasteiger partial charge in [-0.05, 0) is 114 Å². The molecule has 0 bridgehead atoms. The topological polar surface area (TPSA) is 85.8 Å². The lowest BCUT2D eigenvalue weighted by molar-refractivity contribution is -0.111. The summed E-state index contributed by atoms with van der Waals surface area (Å²) in [7, 11) is 3.35. The van der Waals surface area contributed by atoms with Crippen molar-refractivity contribution in [3.05, 3.63) is 131 Å². The molecule has 3 heterocycles. The number of methoxy groups -OCH3 is 2. The molecule has 0 radical (unpaired) electrons. The van der Waals surface area contributed by atoms with Gasteiger partial charge in [-0.2, -0.15) is 0 Å².